The molecule has 9 heavy (non-hydrogen) atoms. The van der Waals surface area contributed by atoms with Crippen LogP contribution in [-0.2, 0) is 0 Å². The summed E-state index contributed by atoms with van der Waals surface area (Å²) in [5, 5.41) is 3.99. The number of nitrogens with zero attached hydrogens (tertiary/aromatic N) is 2. The maximum atomic E-state index is 4.01. The van der Waals surface area contributed by atoms with Gasteiger partial charge >= 0.3 is 0 Å². The number of fused-ring (bicyclic) bond motifs is 1. The van der Waals surface area contributed by atoms with Crippen molar-refractivity contribution in [3.05, 3.63) is 23.7 Å². The zero-order valence-electron chi connectivity index (χ0n) is 4.53. The van der Waals surface area contributed by atoms with E-state index in [9.17, 15) is 0 Å². The lowest BCUT2D eigenvalue weighted by molar-refractivity contribution is 1.37. The van der Waals surface area contributed by atoms with E-state index in [1.807, 2.05) is 12.1 Å². The van der Waals surface area contributed by atoms with E-state index in [0.717, 1.165) is 11.0 Å². The van der Waals surface area contributed by atoms with E-state index in [-0.39, 0.29) is 0 Å². The zero-order valence-corrected chi connectivity index (χ0v) is 5.35. The molecule has 0 amide bonds. The van der Waals surface area contributed by atoms with Crippen LogP contribution in [0.1, 0.15) is 0 Å². The van der Waals surface area contributed by atoms with Crippen LogP contribution in [0.15, 0.2) is 18.3 Å². The van der Waals surface area contributed by atoms with Gasteiger partial charge in [-0.25, -0.2) is 4.98 Å². The molecule has 0 spiro atoms. The van der Waals surface area contributed by atoms with Crippen molar-refractivity contribution in [1.82, 2.24) is 9.36 Å². The predicted molar refractivity (Wildman–Crippen MR) is 36.3 cm³/mol. The fraction of sp³-hybridized carbons (Fsp3) is 0. The molecule has 0 aliphatic heterocycles. The Morgan fingerprint density at radius 1 is 1.56 bits per heavy atom. The normalized spacial score (nSPS) is 10.2. The van der Waals surface area contributed by atoms with E-state index in [4.69, 9.17) is 0 Å². The van der Waals surface area contributed by atoms with Crippen molar-refractivity contribution in [2.75, 3.05) is 0 Å². The number of rotatable bonds is 0. The summed E-state index contributed by atoms with van der Waals surface area (Å²) in [6.45, 7) is 0. The van der Waals surface area contributed by atoms with Crippen LogP contribution in [0.2, 0.25) is 0 Å². The van der Waals surface area contributed by atoms with Crippen molar-refractivity contribution in [3.63, 3.8) is 0 Å². The van der Waals surface area contributed by atoms with E-state index in [1.165, 1.54) is 11.5 Å². The molecular formula is C6H3N2S. The highest BCUT2D eigenvalue weighted by atomic mass is 32.1. The van der Waals surface area contributed by atoms with Gasteiger partial charge in [0.05, 0.1) is 5.38 Å². The van der Waals surface area contributed by atoms with Crippen LogP contribution in [0.25, 0.3) is 11.0 Å². The third-order valence-corrected chi connectivity index (χ3v) is 1.65. The molecule has 3 heteroatoms. The average molecular weight is 135 g/mol. The number of pyridine rings is 1. The Bertz CT molecular complexity index is 285. The minimum Gasteiger partial charge on any atom is -0.236 e. The van der Waals surface area contributed by atoms with Crippen LogP contribution >= 0.6 is 11.5 Å². The van der Waals surface area contributed by atoms with Crippen molar-refractivity contribution >= 4 is 22.6 Å². The van der Waals surface area contributed by atoms with Crippen LogP contribution in [0, 0.1) is 5.38 Å². The van der Waals surface area contributed by atoms with Gasteiger partial charge in [0.2, 0.25) is 0 Å². The fourth-order valence-corrected chi connectivity index (χ4v) is 1.20. The van der Waals surface area contributed by atoms with Gasteiger partial charge in [0.25, 0.3) is 0 Å². The first-order valence-electron chi connectivity index (χ1n) is 2.55. The highest BCUT2D eigenvalue weighted by Gasteiger charge is 1.92. The molecule has 0 saturated heterocycles. The minimum absolute atomic E-state index is 0.794. The molecule has 0 aliphatic carbocycles. The SMILES string of the molecule is [c]1snc2ncccc12. The van der Waals surface area contributed by atoms with E-state index < -0.39 is 0 Å². The van der Waals surface area contributed by atoms with Gasteiger partial charge in [-0.15, -0.1) is 0 Å². The number of hydrogen-bond acceptors (Lipinski definition) is 3. The molecule has 2 rings (SSSR count). The van der Waals surface area contributed by atoms with Crippen LogP contribution in [0.5, 0.6) is 0 Å². The Hall–Kier alpha value is -0.960. The second-order valence-corrected chi connectivity index (χ2v) is 2.23. The number of aromatic nitrogens is 2. The summed E-state index contributed by atoms with van der Waals surface area (Å²) >= 11 is 1.32. The third kappa shape index (κ3) is 0.695. The quantitative estimate of drug-likeness (QED) is 0.547. The molecule has 0 saturated carbocycles. The molecule has 0 fully saturated rings. The molecular weight excluding hydrogens is 132 g/mol. The highest BCUT2D eigenvalue weighted by molar-refractivity contribution is 7.04. The Morgan fingerprint density at radius 2 is 2.56 bits per heavy atom. The van der Waals surface area contributed by atoms with Crippen molar-refractivity contribution in [2.24, 2.45) is 0 Å². The van der Waals surface area contributed by atoms with Crippen molar-refractivity contribution in [3.8, 4) is 0 Å². The predicted octanol–water partition coefficient (Wildman–Crippen LogP) is 1.49. The van der Waals surface area contributed by atoms with Gasteiger partial charge in [-0.3, -0.25) is 0 Å². The molecule has 0 unspecified atom stereocenters. The van der Waals surface area contributed by atoms with Gasteiger partial charge in [-0.2, -0.15) is 4.37 Å². The average Bonchev–Trinajstić information content (AvgIpc) is 2.33. The smallest absolute Gasteiger partial charge is 0.173 e. The first-order chi connectivity index (χ1) is 4.47. The van der Waals surface area contributed by atoms with Crippen molar-refractivity contribution in [2.45, 2.75) is 0 Å². The Morgan fingerprint density at radius 3 is 3.44 bits per heavy atom. The Labute approximate surface area is 56.3 Å². The topological polar surface area (TPSA) is 25.8 Å². The molecule has 1 radical (unpaired) electrons. The standard InChI is InChI=1S/C6H3N2S/c1-2-5-4-9-8-6(5)7-3-1/h1-3H. The molecule has 0 atom stereocenters. The van der Waals surface area contributed by atoms with E-state index in [0.29, 0.717) is 0 Å². The van der Waals surface area contributed by atoms with E-state index >= 15 is 0 Å². The summed E-state index contributed by atoms with van der Waals surface area (Å²) in [6.07, 6.45) is 1.73. The summed E-state index contributed by atoms with van der Waals surface area (Å²) in [5.41, 5.74) is 0.794. The maximum absolute atomic E-state index is 4.01. The van der Waals surface area contributed by atoms with Crippen LogP contribution in [0.4, 0.5) is 0 Å². The molecule has 2 aromatic heterocycles. The molecule has 0 aromatic carbocycles. The Balaban J connectivity index is 2.95. The largest absolute Gasteiger partial charge is 0.236 e. The van der Waals surface area contributed by atoms with E-state index in [1.54, 1.807) is 6.20 Å². The maximum Gasteiger partial charge on any atom is 0.173 e. The Kier molecular flexibility index (Phi) is 0.960. The summed E-state index contributed by atoms with van der Waals surface area (Å²) < 4.78 is 3.99. The molecule has 2 heterocycles. The fourth-order valence-electron chi connectivity index (χ4n) is 0.665. The van der Waals surface area contributed by atoms with Gasteiger partial charge in [-0.1, -0.05) is 0 Å². The van der Waals surface area contributed by atoms with Crippen LogP contribution in [-0.4, -0.2) is 9.36 Å². The van der Waals surface area contributed by atoms with Crippen molar-refractivity contribution in [1.29, 1.82) is 0 Å². The summed E-state index contributed by atoms with van der Waals surface area (Å²) in [4.78, 5) is 4.01. The zero-order chi connectivity index (χ0) is 6.10. The van der Waals surface area contributed by atoms with Gasteiger partial charge in [0.15, 0.2) is 5.65 Å². The summed E-state index contributed by atoms with van der Waals surface area (Å²) in [5.74, 6) is 0. The van der Waals surface area contributed by atoms with Gasteiger partial charge < -0.3 is 0 Å². The molecule has 0 bridgehead atoms. The van der Waals surface area contributed by atoms with E-state index in [2.05, 4.69) is 14.7 Å². The molecule has 0 N–H and O–H groups in total. The first-order valence-corrected chi connectivity index (χ1v) is 3.32. The lowest BCUT2D eigenvalue weighted by atomic mass is 10.4. The van der Waals surface area contributed by atoms with Crippen molar-refractivity contribution < 1.29 is 0 Å². The lowest BCUT2D eigenvalue weighted by Gasteiger charge is -1.79. The summed E-state index contributed by atoms with van der Waals surface area (Å²) in [7, 11) is 0. The first kappa shape index (κ1) is 4.88. The van der Waals surface area contributed by atoms with Crippen LogP contribution in [0.3, 0.4) is 0 Å². The second-order valence-electron chi connectivity index (χ2n) is 1.66. The van der Waals surface area contributed by atoms with Gasteiger partial charge in [-0.05, 0) is 23.7 Å². The minimum atomic E-state index is 0.794. The third-order valence-electron chi connectivity index (χ3n) is 1.07. The molecule has 43 valence electrons. The second kappa shape index (κ2) is 1.77. The van der Waals surface area contributed by atoms with Gasteiger partial charge in [0, 0.05) is 11.6 Å². The number of hydrogen-bond donors (Lipinski definition) is 0. The monoisotopic (exact) mass is 135 g/mol. The van der Waals surface area contributed by atoms with Gasteiger partial charge in [0.1, 0.15) is 0 Å². The molecule has 2 nitrogen and oxygen atoms in total. The summed E-state index contributed by atoms with van der Waals surface area (Å²) in [6, 6.07) is 3.83. The lowest BCUT2D eigenvalue weighted by Crippen LogP contribution is -1.70. The van der Waals surface area contributed by atoms with Crippen LogP contribution < -0.4 is 0 Å². The molecule has 2 aromatic rings. The molecule has 0 aliphatic rings. The highest BCUT2D eigenvalue weighted by Crippen LogP contribution is 2.08.